The first-order valence-electron chi connectivity index (χ1n) is 10.4. The number of piperidine rings is 1. The van der Waals surface area contributed by atoms with E-state index in [1.165, 1.54) is 5.56 Å². The third-order valence-corrected chi connectivity index (χ3v) is 6.01. The van der Waals surface area contributed by atoms with E-state index < -0.39 is 0 Å². The van der Waals surface area contributed by atoms with Gasteiger partial charge >= 0.3 is 0 Å². The molecule has 2 aliphatic heterocycles. The van der Waals surface area contributed by atoms with Crippen LogP contribution in [0.5, 0.6) is 0 Å². The molecule has 0 bridgehead atoms. The quantitative estimate of drug-likeness (QED) is 0.772. The summed E-state index contributed by atoms with van der Waals surface area (Å²) in [6.07, 6.45) is 2.99. The van der Waals surface area contributed by atoms with E-state index in [1.54, 1.807) is 6.92 Å². The molecule has 2 saturated heterocycles. The summed E-state index contributed by atoms with van der Waals surface area (Å²) in [5.74, 6) is 0.849. The van der Waals surface area contributed by atoms with Gasteiger partial charge in [0.2, 0.25) is 11.8 Å². The van der Waals surface area contributed by atoms with Gasteiger partial charge in [-0.25, -0.2) is 0 Å². The molecule has 1 aromatic rings. The molecule has 0 spiro atoms. The van der Waals surface area contributed by atoms with Crippen molar-refractivity contribution in [1.82, 2.24) is 14.7 Å². The fourth-order valence-electron chi connectivity index (χ4n) is 4.46. The second kappa shape index (κ2) is 9.36. The number of carbonyl (C=O) groups is 2. The lowest BCUT2D eigenvalue weighted by Gasteiger charge is -2.35. The van der Waals surface area contributed by atoms with Gasteiger partial charge in [-0.05, 0) is 44.2 Å². The van der Waals surface area contributed by atoms with Gasteiger partial charge in [-0.3, -0.25) is 14.5 Å². The zero-order valence-corrected chi connectivity index (χ0v) is 16.8. The van der Waals surface area contributed by atoms with Crippen molar-refractivity contribution in [2.24, 2.45) is 11.8 Å². The van der Waals surface area contributed by atoms with Crippen LogP contribution in [0.15, 0.2) is 30.3 Å². The third kappa shape index (κ3) is 5.32. The Balaban J connectivity index is 1.51. The van der Waals surface area contributed by atoms with Crippen LogP contribution in [0.25, 0.3) is 0 Å². The van der Waals surface area contributed by atoms with E-state index in [4.69, 9.17) is 0 Å². The fourth-order valence-corrected chi connectivity index (χ4v) is 4.46. The standard InChI is InChI=1S/C22H33N3O2/c1-3-24(22(27)21-10-7-12-25(17-21)18(2)26)16-20-11-13-23(15-20)14-19-8-5-4-6-9-19/h4-6,8-9,20-21H,3,7,10-17H2,1-2H3. The van der Waals surface area contributed by atoms with Crippen molar-refractivity contribution < 1.29 is 9.59 Å². The monoisotopic (exact) mass is 371 g/mol. The Hall–Kier alpha value is -1.88. The average molecular weight is 372 g/mol. The minimum absolute atomic E-state index is 0.0237. The number of hydrogen-bond donors (Lipinski definition) is 0. The SMILES string of the molecule is CCN(CC1CCN(Cc2ccccc2)C1)C(=O)C1CCCN(C(C)=O)C1. The Bertz CT molecular complexity index is 634. The van der Waals surface area contributed by atoms with Crippen molar-refractivity contribution in [3.05, 3.63) is 35.9 Å². The summed E-state index contributed by atoms with van der Waals surface area (Å²) in [5, 5.41) is 0. The van der Waals surface area contributed by atoms with E-state index in [1.807, 2.05) is 9.80 Å². The summed E-state index contributed by atoms with van der Waals surface area (Å²) in [4.78, 5) is 31.1. The minimum Gasteiger partial charge on any atom is -0.342 e. The average Bonchev–Trinajstić information content (AvgIpc) is 3.13. The van der Waals surface area contributed by atoms with E-state index in [-0.39, 0.29) is 17.7 Å². The highest BCUT2D eigenvalue weighted by atomic mass is 16.2. The lowest BCUT2D eigenvalue weighted by molar-refractivity contribution is -0.140. The molecule has 3 rings (SSSR count). The maximum absolute atomic E-state index is 13.0. The molecule has 2 fully saturated rings. The molecule has 5 nitrogen and oxygen atoms in total. The second-order valence-corrected chi connectivity index (χ2v) is 8.06. The van der Waals surface area contributed by atoms with Crippen LogP contribution < -0.4 is 0 Å². The van der Waals surface area contributed by atoms with E-state index in [2.05, 4.69) is 42.2 Å². The number of likely N-dealkylation sites (tertiary alicyclic amines) is 2. The lowest BCUT2D eigenvalue weighted by atomic mass is 9.95. The number of benzene rings is 1. The Morgan fingerprint density at radius 2 is 1.89 bits per heavy atom. The van der Waals surface area contributed by atoms with Crippen LogP contribution in [-0.2, 0) is 16.1 Å². The summed E-state index contributed by atoms with van der Waals surface area (Å²) in [5.41, 5.74) is 1.35. The molecular formula is C22H33N3O2. The Morgan fingerprint density at radius 3 is 2.59 bits per heavy atom. The third-order valence-electron chi connectivity index (χ3n) is 6.01. The number of rotatable bonds is 6. The van der Waals surface area contributed by atoms with Crippen LogP contribution in [0.4, 0.5) is 0 Å². The molecule has 0 radical (unpaired) electrons. The van der Waals surface area contributed by atoms with Gasteiger partial charge in [0.1, 0.15) is 0 Å². The smallest absolute Gasteiger partial charge is 0.227 e. The Kier molecular flexibility index (Phi) is 6.89. The van der Waals surface area contributed by atoms with Crippen LogP contribution in [0.3, 0.4) is 0 Å². The predicted molar refractivity (Wildman–Crippen MR) is 107 cm³/mol. The van der Waals surface area contributed by atoms with Gasteiger partial charge < -0.3 is 9.80 Å². The summed E-state index contributed by atoms with van der Waals surface area (Å²) in [6, 6.07) is 10.6. The van der Waals surface area contributed by atoms with Gasteiger partial charge in [0, 0.05) is 46.2 Å². The van der Waals surface area contributed by atoms with Crippen LogP contribution in [0.2, 0.25) is 0 Å². The van der Waals surface area contributed by atoms with Gasteiger partial charge in [-0.2, -0.15) is 0 Å². The summed E-state index contributed by atoms with van der Waals surface area (Å²) in [7, 11) is 0. The van der Waals surface area contributed by atoms with Gasteiger partial charge in [0.25, 0.3) is 0 Å². The molecule has 2 unspecified atom stereocenters. The molecule has 0 aliphatic carbocycles. The van der Waals surface area contributed by atoms with Crippen molar-refractivity contribution in [2.45, 2.75) is 39.7 Å². The van der Waals surface area contributed by atoms with Gasteiger partial charge in [0.05, 0.1) is 5.92 Å². The maximum Gasteiger partial charge on any atom is 0.227 e. The molecule has 0 saturated carbocycles. The van der Waals surface area contributed by atoms with Crippen molar-refractivity contribution in [3.8, 4) is 0 Å². The Morgan fingerprint density at radius 1 is 1.11 bits per heavy atom. The van der Waals surface area contributed by atoms with E-state index in [0.717, 1.165) is 58.5 Å². The molecule has 2 heterocycles. The maximum atomic E-state index is 13.0. The van der Waals surface area contributed by atoms with Gasteiger partial charge in [-0.15, -0.1) is 0 Å². The number of carbonyl (C=O) groups excluding carboxylic acids is 2. The molecule has 0 N–H and O–H groups in total. The number of hydrogen-bond acceptors (Lipinski definition) is 3. The molecule has 2 aliphatic rings. The highest BCUT2D eigenvalue weighted by Gasteiger charge is 2.32. The van der Waals surface area contributed by atoms with Crippen molar-refractivity contribution in [3.63, 3.8) is 0 Å². The highest BCUT2D eigenvalue weighted by Crippen LogP contribution is 2.23. The summed E-state index contributed by atoms with van der Waals surface area (Å²) in [6.45, 7) is 9.81. The topological polar surface area (TPSA) is 43.9 Å². The first kappa shape index (κ1) is 19.9. The largest absolute Gasteiger partial charge is 0.342 e. The molecule has 2 amide bonds. The van der Waals surface area contributed by atoms with E-state index >= 15 is 0 Å². The molecule has 0 aromatic heterocycles. The summed E-state index contributed by atoms with van der Waals surface area (Å²) >= 11 is 0. The predicted octanol–water partition coefficient (Wildman–Crippen LogP) is 2.62. The van der Waals surface area contributed by atoms with Crippen LogP contribution in [0, 0.1) is 11.8 Å². The van der Waals surface area contributed by atoms with E-state index in [0.29, 0.717) is 12.5 Å². The highest BCUT2D eigenvalue weighted by molar-refractivity contribution is 5.80. The molecular weight excluding hydrogens is 338 g/mol. The Labute approximate surface area is 163 Å². The van der Waals surface area contributed by atoms with Crippen molar-refractivity contribution in [1.29, 1.82) is 0 Å². The first-order chi connectivity index (χ1) is 13.1. The summed E-state index contributed by atoms with van der Waals surface area (Å²) < 4.78 is 0. The van der Waals surface area contributed by atoms with Crippen LogP contribution >= 0.6 is 0 Å². The zero-order chi connectivity index (χ0) is 19.2. The van der Waals surface area contributed by atoms with Crippen LogP contribution in [0.1, 0.15) is 38.7 Å². The van der Waals surface area contributed by atoms with Crippen molar-refractivity contribution >= 4 is 11.8 Å². The molecule has 1 aromatic carbocycles. The van der Waals surface area contributed by atoms with Crippen LogP contribution in [-0.4, -0.2) is 65.8 Å². The lowest BCUT2D eigenvalue weighted by Crippen LogP contribution is -2.47. The van der Waals surface area contributed by atoms with Gasteiger partial charge in [0.15, 0.2) is 0 Å². The minimum atomic E-state index is -0.0237. The van der Waals surface area contributed by atoms with E-state index in [9.17, 15) is 9.59 Å². The second-order valence-electron chi connectivity index (χ2n) is 8.06. The number of nitrogens with zero attached hydrogens (tertiary/aromatic N) is 3. The normalized spacial score (nSPS) is 23.4. The first-order valence-corrected chi connectivity index (χ1v) is 10.4. The number of amides is 2. The zero-order valence-electron chi connectivity index (χ0n) is 16.8. The molecule has 27 heavy (non-hydrogen) atoms. The molecule has 5 heteroatoms. The molecule has 148 valence electrons. The van der Waals surface area contributed by atoms with Gasteiger partial charge in [-0.1, -0.05) is 30.3 Å². The van der Waals surface area contributed by atoms with Crippen molar-refractivity contribution in [2.75, 3.05) is 39.3 Å². The fraction of sp³-hybridized carbons (Fsp3) is 0.636. The molecule has 2 atom stereocenters.